The smallest absolute Gasteiger partial charge is 0.219 e. The third kappa shape index (κ3) is 5.84. The first-order chi connectivity index (χ1) is 11.7. The zero-order valence-electron chi connectivity index (χ0n) is 13.8. The van der Waals surface area contributed by atoms with Crippen LogP contribution in [0.3, 0.4) is 0 Å². The molecule has 1 aromatic heterocycles. The minimum absolute atomic E-state index is 0. The lowest BCUT2D eigenvalue weighted by Gasteiger charge is -2.12. The second kappa shape index (κ2) is 9.55. The van der Waals surface area contributed by atoms with Crippen molar-refractivity contribution in [2.24, 2.45) is 10.7 Å². The Bertz CT molecular complexity index is 720. The number of para-hydroxylation sites is 1. The van der Waals surface area contributed by atoms with Crippen LogP contribution in [0.25, 0.3) is 0 Å². The van der Waals surface area contributed by atoms with E-state index >= 15 is 0 Å². The van der Waals surface area contributed by atoms with Crippen molar-refractivity contribution in [3.8, 4) is 11.6 Å². The Balaban J connectivity index is 0.00000225. The monoisotopic (exact) mass is 456 g/mol. The predicted octanol–water partition coefficient (Wildman–Crippen LogP) is 3.98. The molecular formula is C18H22FIN4O. The van der Waals surface area contributed by atoms with E-state index in [0.717, 1.165) is 18.4 Å². The van der Waals surface area contributed by atoms with Gasteiger partial charge in [-0.2, -0.15) is 0 Å². The van der Waals surface area contributed by atoms with Crippen molar-refractivity contribution < 1.29 is 9.13 Å². The molecule has 25 heavy (non-hydrogen) atoms. The fourth-order valence-corrected chi connectivity index (χ4v) is 2.75. The normalized spacial score (nSPS) is 14.8. The van der Waals surface area contributed by atoms with Gasteiger partial charge in [-0.1, -0.05) is 25.0 Å². The number of aliphatic imine (C=N–C) groups is 1. The van der Waals surface area contributed by atoms with Crippen molar-refractivity contribution in [1.29, 1.82) is 0 Å². The first-order valence-corrected chi connectivity index (χ1v) is 8.14. The van der Waals surface area contributed by atoms with Crippen LogP contribution in [0.15, 0.2) is 47.6 Å². The van der Waals surface area contributed by atoms with E-state index in [1.807, 2.05) is 6.07 Å². The van der Waals surface area contributed by atoms with E-state index in [9.17, 15) is 4.39 Å². The molecular weight excluding hydrogens is 434 g/mol. The van der Waals surface area contributed by atoms with E-state index < -0.39 is 5.82 Å². The number of nitrogens with one attached hydrogen (secondary N) is 1. The summed E-state index contributed by atoms with van der Waals surface area (Å²) in [5, 5.41) is 3.24. The number of hydrogen-bond donors (Lipinski definition) is 2. The van der Waals surface area contributed by atoms with Crippen LogP contribution < -0.4 is 15.8 Å². The topological polar surface area (TPSA) is 72.5 Å². The number of hydrogen-bond acceptors (Lipinski definition) is 3. The molecule has 0 amide bonds. The van der Waals surface area contributed by atoms with Crippen LogP contribution in [0.4, 0.5) is 4.39 Å². The molecule has 0 radical (unpaired) electrons. The predicted molar refractivity (Wildman–Crippen MR) is 107 cm³/mol. The molecule has 0 saturated heterocycles. The molecule has 0 unspecified atom stereocenters. The van der Waals surface area contributed by atoms with E-state index in [-0.39, 0.29) is 29.7 Å². The van der Waals surface area contributed by atoms with Crippen LogP contribution in [0.5, 0.6) is 11.6 Å². The highest BCUT2D eigenvalue weighted by atomic mass is 127. The molecule has 134 valence electrons. The molecule has 5 nitrogen and oxygen atoms in total. The molecule has 3 N–H and O–H groups in total. The summed E-state index contributed by atoms with van der Waals surface area (Å²) in [7, 11) is 0. The lowest BCUT2D eigenvalue weighted by atomic mass is 10.2. The van der Waals surface area contributed by atoms with Gasteiger partial charge in [-0.3, -0.25) is 0 Å². The van der Waals surface area contributed by atoms with Crippen LogP contribution in [-0.2, 0) is 6.54 Å². The van der Waals surface area contributed by atoms with Crippen LogP contribution in [-0.4, -0.2) is 17.0 Å². The van der Waals surface area contributed by atoms with Gasteiger partial charge in [-0.25, -0.2) is 14.4 Å². The summed E-state index contributed by atoms with van der Waals surface area (Å²) in [4.78, 5) is 8.45. The second-order valence-electron chi connectivity index (χ2n) is 5.86. The van der Waals surface area contributed by atoms with Crippen LogP contribution in [0, 0.1) is 5.82 Å². The third-order valence-electron chi connectivity index (χ3n) is 3.99. The maximum absolute atomic E-state index is 13.6. The molecule has 0 spiro atoms. The molecule has 2 aromatic rings. The highest BCUT2D eigenvalue weighted by Gasteiger charge is 2.14. The summed E-state index contributed by atoms with van der Waals surface area (Å²) in [6, 6.07) is 10.2. The summed E-state index contributed by atoms with van der Waals surface area (Å²) in [5.41, 5.74) is 6.82. The molecule has 1 heterocycles. The number of aromatic nitrogens is 1. The molecule has 1 aliphatic carbocycles. The molecule has 3 rings (SSSR count). The Hall–Kier alpha value is -1.90. The lowest BCUT2D eigenvalue weighted by Crippen LogP contribution is -2.38. The number of halogens is 2. The number of pyridine rings is 1. The number of rotatable bonds is 5. The Morgan fingerprint density at radius 2 is 2.04 bits per heavy atom. The van der Waals surface area contributed by atoms with Crippen LogP contribution in [0.2, 0.25) is 0 Å². The van der Waals surface area contributed by atoms with Gasteiger partial charge in [0.05, 0.1) is 6.54 Å². The van der Waals surface area contributed by atoms with Gasteiger partial charge in [0.1, 0.15) is 0 Å². The highest BCUT2D eigenvalue weighted by Crippen LogP contribution is 2.23. The standard InChI is InChI=1S/C18H21FN4O.HI/c19-15-7-3-4-8-16(15)24-17-11-13(9-10-21-17)12-22-18(20)23-14-5-1-2-6-14;/h3-4,7-11,14H,1-2,5-6,12H2,(H3,20,22,23);1H. The molecule has 0 aliphatic heterocycles. The molecule has 1 aliphatic rings. The van der Waals surface area contributed by atoms with Gasteiger partial charge in [0.15, 0.2) is 17.5 Å². The molecule has 1 aromatic carbocycles. The van der Waals surface area contributed by atoms with Gasteiger partial charge in [-0.15, -0.1) is 24.0 Å². The van der Waals surface area contributed by atoms with E-state index in [1.54, 1.807) is 30.5 Å². The fourth-order valence-electron chi connectivity index (χ4n) is 2.75. The number of benzene rings is 1. The molecule has 0 atom stereocenters. The number of ether oxygens (including phenoxy) is 1. The van der Waals surface area contributed by atoms with Crippen molar-refractivity contribution in [1.82, 2.24) is 10.3 Å². The Labute approximate surface area is 163 Å². The third-order valence-corrected chi connectivity index (χ3v) is 3.99. The van der Waals surface area contributed by atoms with Gasteiger partial charge < -0.3 is 15.8 Å². The molecule has 1 saturated carbocycles. The fraction of sp³-hybridized carbons (Fsp3) is 0.333. The lowest BCUT2D eigenvalue weighted by molar-refractivity contribution is 0.427. The second-order valence-corrected chi connectivity index (χ2v) is 5.86. The summed E-state index contributed by atoms with van der Waals surface area (Å²) in [5.74, 6) is 0.506. The van der Waals surface area contributed by atoms with Crippen molar-refractivity contribution in [2.75, 3.05) is 0 Å². The Morgan fingerprint density at radius 1 is 1.28 bits per heavy atom. The van der Waals surface area contributed by atoms with Gasteiger partial charge in [0, 0.05) is 18.3 Å². The number of nitrogens with zero attached hydrogens (tertiary/aromatic N) is 2. The minimum atomic E-state index is -0.423. The van der Waals surface area contributed by atoms with Crippen LogP contribution in [0.1, 0.15) is 31.2 Å². The highest BCUT2D eigenvalue weighted by molar-refractivity contribution is 14.0. The summed E-state index contributed by atoms with van der Waals surface area (Å²) in [6.07, 6.45) is 6.39. The maximum atomic E-state index is 13.6. The maximum Gasteiger partial charge on any atom is 0.219 e. The van der Waals surface area contributed by atoms with Crippen molar-refractivity contribution in [3.05, 3.63) is 54.0 Å². The summed E-state index contributed by atoms with van der Waals surface area (Å²) < 4.78 is 19.1. The molecule has 7 heteroatoms. The van der Waals surface area contributed by atoms with Gasteiger partial charge >= 0.3 is 0 Å². The number of nitrogens with two attached hydrogens (primary N) is 1. The zero-order chi connectivity index (χ0) is 16.8. The van der Waals surface area contributed by atoms with Gasteiger partial charge in [-0.05, 0) is 36.6 Å². The zero-order valence-corrected chi connectivity index (χ0v) is 16.2. The quantitative estimate of drug-likeness (QED) is 0.406. The van der Waals surface area contributed by atoms with Crippen molar-refractivity contribution in [3.63, 3.8) is 0 Å². The van der Waals surface area contributed by atoms with Gasteiger partial charge in [0.2, 0.25) is 5.88 Å². The largest absolute Gasteiger partial charge is 0.436 e. The van der Waals surface area contributed by atoms with E-state index in [1.165, 1.54) is 18.9 Å². The van der Waals surface area contributed by atoms with E-state index in [0.29, 0.717) is 24.4 Å². The summed E-state index contributed by atoms with van der Waals surface area (Å²) in [6.45, 7) is 0.418. The Morgan fingerprint density at radius 3 is 2.80 bits per heavy atom. The molecule has 0 bridgehead atoms. The van der Waals surface area contributed by atoms with Crippen molar-refractivity contribution >= 4 is 29.9 Å². The average molecular weight is 456 g/mol. The van der Waals surface area contributed by atoms with E-state index in [4.69, 9.17) is 10.5 Å². The van der Waals surface area contributed by atoms with Crippen molar-refractivity contribution in [2.45, 2.75) is 38.3 Å². The minimum Gasteiger partial charge on any atom is -0.436 e. The summed E-state index contributed by atoms with van der Waals surface area (Å²) >= 11 is 0. The first kappa shape index (κ1) is 19.4. The molecule has 1 fully saturated rings. The first-order valence-electron chi connectivity index (χ1n) is 8.14. The average Bonchev–Trinajstić information content (AvgIpc) is 3.08. The van der Waals surface area contributed by atoms with Crippen LogP contribution >= 0.6 is 24.0 Å². The number of guanidine groups is 1. The van der Waals surface area contributed by atoms with Gasteiger partial charge in [0.25, 0.3) is 0 Å². The SMILES string of the molecule is I.NC(=NCc1ccnc(Oc2ccccc2F)c1)NC1CCCC1. The Kier molecular flexibility index (Phi) is 7.42. The van der Waals surface area contributed by atoms with E-state index in [2.05, 4.69) is 15.3 Å².